The number of rotatable bonds is 4. The van der Waals surface area contributed by atoms with Gasteiger partial charge >= 0.3 is 5.97 Å². The monoisotopic (exact) mass is 221 g/mol. The largest absolute Gasteiger partial charge is 0.478 e. The lowest BCUT2D eigenvalue weighted by Gasteiger charge is -2.08. The van der Waals surface area contributed by atoms with Gasteiger partial charge in [0.15, 0.2) is 0 Å². The minimum atomic E-state index is -0.937. The van der Waals surface area contributed by atoms with Crippen LogP contribution in [0.5, 0.6) is 0 Å². The third-order valence-corrected chi connectivity index (χ3v) is 2.40. The van der Waals surface area contributed by atoms with E-state index in [0.29, 0.717) is 29.0 Å². The molecule has 0 saturated heterocycles. The zero-order chi connectivity index (χ0) is 12.1. The lowest BCUT2D eigenvalue weighted by Crippen LogP contribution is -2.03. The molecule has 4 heteroatoms. The first-order valence-corrected chi connectivity index (χ1v) is 5.10. The quantitative estimate of drug-likeness (QED) is 0.761. The van der Waals surface area contributed by atoms with Gasteiger partial charge < -0.3 is 10.2 Å². The summed E-state index contributed by atoms with van der Waals surface area (Å²) >= 11 is 0. The second-order valence-electron chi connectivity index (χ2n) is 3.43. The van der Waals surface area contributed by atoms with Crippen molar-refractivity contribution in [2.45, 2.75) is 26.9 Å². The van der Waals surface area contributed by atoms with Gasteiger partial charge in [0.1, 0.15) is 0 Å². The van der Waals surface area contributed by atoms with Gasteiger partial charge in [0, 0.05) is 5.57 Å². The van der Waals surface area contributed by atoms with E-state index in [1.165, 1.54) is 0 Å². The number of carboxylic acid groups (broad SMARTS) is 1. The Bertz CT molecular complexity index is 424. The van der Waals surface area contributed by atoms with E-state index >= 15 is 0 Å². The van der Waals surface area contributed by atoms with Crippen LogP contribution >= 0.6 is 0 Å². The topological polar surface area (TPSA) is 70.4 Å². The summed E-state index contributed by atoms with van der Waals surface area (Å²) in [6.07, 6.45) is 0.597. The van der Waals surface area contributed by atoms with Crippen LogP contribution in [0.4, 0.5) is 0 Å². The van der Waals surface area contributed by atoms with E-state index in [1.807, 2.05) is 6.92 Å². The third kappa shape index (κ3) is 2.67. The second kappa shape index (κ2) is 5.42. The number of aromatic nitrogens is 1. The van der Waals surface area contributed by atoms with Gasteiger partial charge in [-0.15, -0.1) is 0 Å². The van der Waals surface area contributed by atoms with E-state index in [0.717, 1.165) is 0 Å². The molecule has 1 aromatic heterocycles. The van der Waals surface area contributed by atoms with Crippen LogP contribution in [-0.4, -0.2) is 21.2 Å². The first kappa shape index (κ1) is 12.4. The summed E-state index contributed by atoms with van der Waals surface area (Å²) in [6.45, 7) is 3.31. The summed E-state index contributed by atoms with van der Waals surface area (Å²) in [7, 11) is 0. The van der Waals surface area contributed by atoms with Gasteiger partial charge in [-0.3, -0.25) is 4.98 Å². The molecule has 0 radical (unpaired) electrons. The standard InChI is InChI=1S/C12H15NO3/c1-3-10(8(2)12(15)16)11-6-4-5-9(7-14)13-11/h4-6,14H,3,7H2,1-2H3,(H,15,16)/b10-8+. The Morgan fingerprint density at radius 1 is 1.44 bits per heavy atom. The molecule has 16 heavy (non-hydrogen) atoms. The molecule has 1 heterocycles. The number of aliphatic hydroxyl groups is 1. The van der Waals surface area contributed by atoms with E-state index in [9.17, 15) is 4.79 Å². The molecule has 0 aromatic carbocycles. The fraction of sp³-hybridized carbons (Fsp3) is 0.333. The van der Waals surface area contributed by atoms with Crippen molar-refractivity contribution in [1.29, 1.82) is 0 Å². The molecule has 0 aliphatic heterocycles. The molecule has 0 atom stereocenters. The van der Waals surface area contributed by atoms with Gasteiger partial charge in [0.2, 0.25) is 0 Å². The zero-order valence-corrected chi connectivity index (χ0v) is 9.40. The van der Waals surface area contributed by atoms with E-state index in [-0.39, 0.29) is 6.61 Å². The average molecular weight is 221 g/mol. The van der Waals surface area contributed by atoms with E-state index in [4.69, 9.17) is 10.2 Å². The second-order valence-corrected chi connectivity index (χ2v) is 3.43. The average Bonchev–Trinajstić information content (AvgIpc) is 2.30. The van der Waals surface area contributed by atoms with Crippen LogP contribution in [-0.2, 0) is 11.4 Å². The van der Waals surface area contributed by atoms with Crippen LogP contribution in [0.3, 0.4) is 0 Å². The van der Waals surface area contributed by atoms with Crippen molar-refractivity contribution in [3.63, 3.8) is 0 Å². The molecule has 0 aliphatic carbocycles. The molecule has 0 amide bonds. The number of hydrogen-bond acceptors (Lipinski definition) is 3. The van der Waals surface area contributed by atoms with Gasteiger partial charge in [-0.1, -0.05) is 13.0 Å². The molecular weight excluding hydrogens is 206 g/mol. The molecule has 0 spiro atoms. The van der Waals surface area contributed by atoms with Crippen molar-refractivity contribution in [2.75, 3.05) is 0 Å². The number of allylic oxidation sites excluding steroid dienone is 1. The molecule has 0 aliphatic rings. The highest BCUT2D eigenvalue weighted by molar-refractivity contribution is 5.95. The van der Waals surface area contributed by atoms with E-state index in [2.05, 4.69) is 4.98 Å². The first-order valence-electron chi connectivity index (χ1n) is 5.10. The van der Waals surface area contributed by atoms with Gasteiger partial charge in [-0.05, 0) is 31.1 Å². The highest BCUT2D eigenvalue weighted by Crippen LogP contribution is 2.20. The number of hydrogen-bond donors (Lipinski definition) is 2. The first-order chi connectivity index (χ1) is 7.60. The molecular formula is C12H15NO3. The fourth-order valence-corrected chi connectivity index (χ4v) is 1.50. The molecule has 2 N–H and O–H groups in total. The van der Waals surface area contributed by atoms with Crippen LogP contribution in [0.2, 0.25) is 0 Å². The Morgan fingerprint density at radius 2 is 2.12 bits per heavy atom. The van der Waals surface area contributed by atoms with E-state index < -0.39 is 5.97 Å². The smallest absolute Gasteiger partial charge is 0.331 e. The Balaban J connectivity index is 3.23. The maximum Gasteiger partial charge on any atom is 0.331 e. The van der Waals surface area contributed by atoms with Crippen LogP contribution in [0.15, 0.2) is 23.8 Å². The van der Waals surface area contributed by atoms with Crippen molar-refractivity contribution < 1.29 is 15.0 Å². The number of aliphatic hydroxyl groups excluding tert-OH is 1. The summed E-state index contributed by atoms with van der Waals surface area (Å²) in [6, 6.07) is 5.22. The molecule has 0 saturated carbocycles. The third-order valence-electron chi connectivity index (χ3n) is 2.40. The minimum absolute atomic E-state index is 0.142. The van der Waals surface area contributed by atoms with Crippen molar-refractivity contribution in [3.05, 3.63) is 35.2 Å². The number of carbonyl (C=O) groups is 1. The van der Waals surface area contributed by atoms with Gasteiger partial charge in [-0.2, -0.15) is 0 Å². The molecule has 0 bridgehead atoms. The summed E-state index contributed by atoms with van der Waals surface area (Å²) in [5.41, 5.74) is 2.16. The van der Waals surface area contributed by atoms with Gasteiger partial charge in [0.25, 0.3) is 0 Å². The molecule has 0 unspecified atom stereocenters. The maximum absolute atomic E-state index is 10.9. The van der Waals surface area contributed by atoms with E-state index in [1.54, 1.807) is 25.1 Å². The summed E-state index contributed by atoms with van der Waals surface area (Å²) in [4.78, 5) is 15.1. The Hall–Kier alpha value is -1.68. The molecule has 0 fully saturated rings. The lowest BCUT2D eigenvalue weighted by atomic mass is 10.0. The summed E-state index contributed by atoms with van der Waals surface area (Å²) < 4.78 is 0. The molecule has 4 nitrogen and oxygen atoms in total. The normalized spacial score (nSPS) is 12.2. The molecule has 86 valence electrons. The fourth-order valence-electron chi connectivity index (χ4n) is 1.50. The number of carboxylic acids is 1. The SMILES string of the molecule is CC/C(=C(/C)C(=O)O)c1cccc(CO)n1. The van der Waals surface area contributed by atoms with Crippen molar-refractivity contribution in [1.82, 2.24) is 4.98 Å². The number of aliphatic carboxylic acids is 1. The van der Waals surface area contributed by atoms with Crippen LogP contribution in [0.25, 0.3) is 5.57 Å². The number of pyridine rings is 1. The van der Waals surface area contributed by atoms with Crippen LogP contribution in [0.1, 0.15) is 31.7 Å². The Morgan fingerprint density at radius 3 is 2.62 bits per heavy atom. The highest BCUT2D eigenvalue weighted by atomic mass is 16.4. The summed E-state index contributed by atoms with van der Waals surface area (Å²) in [5.74, 6) is -0.937. The summed E-state index contributed by atoms with van der Waals surface area (Å²) in [5, 5.41) is 17.9. The van der Waals surface area contributed by atoms with Crippen molar-refractivity contribution in [3.8, 4) is 0 Å². The Kier molecular flexibility index (Phi) is 4.19. The maximum atomic E-state index is 10.9. The van der Waals surface area contributed by atoms with Crippen molar-refractivity contribution >= 4 is 11.5 Å². The van der Waals surface area contributed by atoms with Crippen LogP contribution < -0.4 is 0 Å². The molecule has 1 aromatic rings. The lowest BCUT2D eigenvalue weighted by molar-refractivity contribution is -0.132. The molecule has 1 rings (SSSR count). The van der Waals surface area contributed by atoms with Gasteiger partial charge in [-0.25, -0.2) is 4.79 Å². The number of nitrogens with zero attached hydrogens (tertiary/aromatic N) is 1. The predicted molar refractivity (Wildman–Crippen MR) is 60.7 cm³/mol. The highest BCUT2D eigenvalue weighted by Gasteiger charge is 2.11. The predicted octanol–water partition coefficient (Wildman–Crippen LogP) is 1.84. The minimum Gasteiger partial charge on any atom is -0.478 e. The Labute approximate surface area is 94.3 Å². The van der Waals surface area contributed by atoms with Gasteiger partial charge in [0.05, 0.1) is 18.0 Å². The van der Waals surface area contributed by atoms with Crippen molar-refractivity contribution in [2.24, 2.45) is 0 Å². The van der Waals surface area contributed by atoms with Crippen LogP contribution in [0, 0.1) is 0 Å². The zero-order valence-electron chi connectivity index (χ0n) is 9.40.